The fourth-order valence-electron chi connectivity index (χ4n) is 4.71. The number of nitrogens with one attached hydrogen (secondary N) is 1. The molecular weight excluding hydrogens is 406 g/mol. The second-order valence-electron chi connectivity index (χ2n) is 8.64. The predicted octanol–water partition coefficient (Wildman–Crippen LogP) is 6.82. The Morgan fingerprint density at radius 2 is 1.30 bits per heavy atom. The topological polar surface area (TPSA) is 38.3 Å². The van der Waals surface area contributed by atoms with E-state index in [1.165, 1.54) is 38.9 Å². The fourth-order valence-corrected chi connectivity index (χ4v) is 4.71. The van der Waals surface area contributed by atoms with Crippen molar-refractivity contribution in [3.8, 4) is 22.3 Å². The number of amides is 1. The van der Waals surface area contributed by atoms with Crippen LogP contribution in [0.2, 0.25) is 0 Å². The summed E-state index contributed by atoms with van der Waals surface area (Å²) in [4.78, 5) is 12.5. The van der Waals surface area contributed by atoms with Gasteiger partial charge in [-0.15, -0.1) is 0 Å². The molecule has 5 rings (SSSR count). The smallest absolute Gasteiger partial charge is 0.407 e. The molecular formula is C30H27NO2. The van der Waals surface area contributed by atoms with Gasteiger partial charge in [0.2, 0.25) is 0 Å². The van der Waals surface area contributed by atoms with Crippen LogP contribution in [0.15, 0.2) is 103 Å². The molecule has 0 saturated heterocycles. The summed E-state index contributed by atoms with van der Waals surface area (Å²) in [5, 5.41) is 2.99. The highest BCUT2D eigenvalue weighted by Crippen LogP contribution is 2.44. The van der Waals surface area contributed by atoms with Crippen molar-refractivity contribution in [3.05, 3.63) is 120 Å². The minimum Gasteiger partial charge on any atom is -0.449 e. The largest absolute Gasteiger partial charge is 0.449 e. The van der Waals surface area contributed by atoms with Crippen molar-refractivity contribution >= 4 is 6.09 Å². The summed E-state index contributed by atoms with van der Waals surface area (Å²) in [6.07, 6.45) is 0.379. The minimum atomic E-state index is -0.370. The standard InChI is InChI=1S/C30H27NO2/c1-21(19-22-15-17-24(18-16-22)23-9-3-2-4-10-23)31-30(32)33-20-29-27-13-7-5-11-25(27)26-12-6-8-14-28(26)29/h2-18,21,29H,19-20H2,1H3,(H,31,32)/t21-/m0/s1. The third-order valence-corrected chi connectivity index (χ3v) is 6.31. The quantitative estimate of drug-likeness (QED) is 0.362. The van der Waals surface area contributed by atoms with Gasteiger partial charge in [-0.05, 0) is 52.3 Å². The van der Waals surface area contributed by atoms with Crippen LogP contribution in [0, 0.1) is 0 Å². The normalized spacial score (nSPS) is 13.1. The Labute approximate surface area is 195 Å². The Hall–Kier alpha value is -3.85. The maximum Gasteiger partial charge on any atom is 0.407 e. The Bertz CT molecular complexity index is 1200. The number of fused-ring (bicyclic) bond motifs is 3. The molecule has 1 amide bonds. The molecule has 4 aromatic carbocycles. The molecule has 1 aliphatic rings. The molecule has 1 N–H and O–H groups in total. The van der Waals surface area contributed by atoms with Crippen molar-refractivity contribution < 1.29 is 9.53 Å². The second-order valence-corrected chi connectivity index (χ2v) is 8.64. The molecule has 33 heavy (non-hydrogen) atoms. The Kier molecular flexibility index (Phi) is 5.95. The van der Waals surface area contributed by atoms with Crippen LogP contribution >= 0.6 is 0 Å². The maximum atomic E-state index is 12.5. The van der Waals surface area contributed by atoms with Gasteiger partial charge in [0.15, 0.2) is 0 Å². The molecule has 1 aliphatic carbocycles. The summed E-state index contributed by atoms with van der Waals surface area (Å²) in [7, 11) is 0. The molecule has 4 aromatic rings. The second kappa shape index (κ2) is 9.33. The summed E-state index contributed by atoms with van der Waals surface area (Å²) in [6.45, 7) is 2.34. The van der Waals surface area contributed by atoms with Crippen LogP contribution in [-0.2, 0) is 11.2 Å². The zero-order valence-corrected chi connectivity index (χ0v) is 18.7. The molecule has 1 atom stereocenters. The van der Waals surface area contributed by atoms with E-state index in [0.29, 0.717) is 6.61 Å². The third-order valence-electron chi connectivity index (χ3n) is 6.31. The molecule has 0 aromatic heterocycles. The molecule has 0 heterocycles. The van der Waals surface area contributed by atoms with Gasteiger partial charge >= 0.3 is 6.09 Å². The molecule has 0 saturated carbocycles. The lowest BCUT2D eigenvalue weighted by molar-refractivity contribution is 0.139. The molecule has 0 unspecified atom stereocenters. The van der Waals surface area contributed by atoms with Gasteiger partial charge in [0.05, 0.1) is 0 Å². The highest BCUT2D eigenvalue weighted by Gasteiger charge is 2.29. The summed E-state index contributed by atoms with van der Waals surface area (Å²) >= 11 is 0. The van der Waals surface area contributed by atoms with Crippen LogP contribution in [0.5, 0.6) is 0 Å². The summed E-state index contributed by atoms with van der Waals surface area (Å²) in [5.41, 5.74) is 8.48. The molecule has 3 nitrogen and oxygen atoms in total. The first-order valence-electron chi connectivity index (χ1n) is 11.4. The summed E-state index contributed by atoms with van der Waals surface area (Å²) in [5.74, 6) is 0.0731. The first-order valence-corrected chi connectivity index (χ1v) is 11.4. The number of hydrogen-bond acceptors (Lipinski definition) is 2. The van der Waals surface area contributed by atoms with Crippen LogP contribution < -0.4 is 5.32 Å². The van der Waals surface area contributed by atoms with Gasteiger partial charge in [0, 0.05) is 12.0 Å². The van der Waals surface area contributed by atoms with Crippen molar-refractivity contribution in [1.82, 2.24) is 5.32 Å². The van der Waals surface area contributed by atoms with Crippen molar-refractivity contribution in [2.24, 2.45) is 0 Å². The van der Waals surface area contributed by atoms with E-state index in [1.54, 1.807) is 0 Å². The zero-order valence-electron chi connectivity index (χ0n) is 18.7. The highest BCUT2D eigenvalue weighted by atomic mass is 16.5. The lowest BCUT2D eigenvalue weighted by Gasteiger charge is -2.17. The van der Waals surface area contributed by atoms with Gasteiger partial charge < -0.3 is 10.1 Å². The highest BCUT2D eigenvalue weighted by molar-refractivity contribution is 5.79. The molecule has 0 aliphatic heterocycles. The van der Waals surface area contributed by atoms with E-state index in [1.807, 2.05) is 37.3 Å². The van der Waals surface area contributed by atoms with Crippen molar-refractivity contribution in [1.29, 1.82) is 0 Å². The van der Waals surface area contributed by atoms with Gasteiger partial charge in [-0.1, -0.05) is 103 Å². The van der Waals surface area contributed by atoms with E-state index in [4.69, 9.17) is 4.74 Å². The minimum absolute atomic E-state index is 0.0248. The van der Waals surface area contributed by atoms with E-state index in [2.05, 4.69) is 78.1 Å². The van der Waals surface area contributed by atoms with Crippen molar-refractivity contribution in [2.45, 2.75) is 25.3 Å². The SMILES string of the molecule is C[C@@H](Cc1ccc(-c2ccccc2)cc1)NC(=O)OCC1c2ccccc2-c2ccccc21. The van der Waals surface area contributed by atoms with Crippen LogP contribution in [-0.4, -0.2) is 18.7 Å². The molecule has 0 spiro atoms. The first kappa shape index (κ1) is 21.0. The summed E-state index contributed by atoms with van der Waals surface area (Å²) in [6, 6.07) is 35.5. The van der Waals surface area contributed by atoms with Gasteiger partial charge in [-0.2, -0.15) is 0 Å². The number of benzene rings is 4. The van der Waals surface area contributed by atoms with Gasteiger partial charge in [0.1, 0.15) is 6.61 Å². The predicted molar refractivity (Wildman–Crippen MR) is 133 cm³/mol. The van der Waals surface area contributed by atoms with E-state index in [0.717, 1.165) is 6.42 Å². The Balaban J connectivity index is 1.17. The van der Waals surface area contributed by atoms with E-state index in [-0.39, 0.29) is 18.1 Å². The number of carbonyl (C=O) groups excluding carboxylic acids is 1. The molecule has 0 fully saturated rings. The van der Waals surface area contributed by atoms with Crippen LogP contribution in [0.1, 0.15) is 29.5 Å². The monoisotopic (exact) mass is 433 g/mol. The number of alkyl carbamates (subject to hydrolysis) is 1. The lowest BCUT2D eigenvalue weighted by atomic mass is 9.98. The van der Waals surface area contributed by atoms with E-state index in [9.17, 15) is 4.79 Å². The Morgan fingerprint density at radius 3 is 1.94 bits per heavy atom. The number of carbonyl (C=O) groups is 1. The van der Waals surface area contributed by atoms with E-state index >= 15 is 0 Å². The first-order chi connectivity index (χ1) is 16.2. The zero-order chi connectivity index (χ0) is 22.6. The van der Waals surface area contributed by atoms with Crippen LogP contribution in [0.25, 0.3) is 22.3 Å². The molecule has 0 radical (unpaired) electrons. The third kappa shape index (κ3) is 4.54. The lowest BCUT2D eigenvalue weighted by Crippen LogP contribution is -2.35. The molecule has 164 valence electrons. The number of ether oxygens (including phenoxy) is 1. The van der Waals surface area contributed by atoms with Gasteiger partial charge in [0.25, 0.3) is 0 Å². The average molecular weight is 434 g/mol. The molecule has 0 bridgehead atoms. The van der Waals surface area contributed by atoms with Crippen molar-refractivity contribution in [2.75, 3.05) is 6.61 Å². The van der Waals surface area contributed by atoms with E-state index < -0.39 is 0 Å². The van der Waals surface area contributed by atoms with Crippen molar-refractivity contribution in [3.63, 3.8) is 0 Å². The van der Waals surface area contributed by atoms with Gasteiger partial charge in [-0.3, -0.25) is 0 Å². The molecule has 3 heteroatoms. The average Bonchev–Trinajstić information content (AvgIpc) is 3.17. The maximum absolute atomic E-state index is 12.5. The van der Waals surface area contributed by atoms with Crippen LogP contribution in [0.4, 0.5) is 4.79 Å². The van der Waals surface area contributed by atoms with Crippen LogP contribution in [0.3, 0.4) is 0 Å². The van der Waals surface area contributed by atoms with Gasteiger partial charge in [-0.25, -0.2) is 4.79 Å². The fraction of sp³-hybridized carbons (Fsp3) is 0.167. The number of rotatable bonds is 6. The Morgan fingerprint density at radius 1 is 0.758 bits per heavy atom. The summed E-state index contributed by atoms with van der Waals surface area (Å²) < 4.78 is 5.67. The number of hydrogen-bond donors (Lipinski definition) is 1.